The summed E-state index contributed by atoms with van der Waals surface area (Å²) in [6.07, 6.45) is 1.78. The molecule has 1 heterocycles. The lowest BCUT2D eigenvalue weighted by atomic mass is 10.1. The standard InChI is InChI=1S/C18H14Cl2N2O2/c1-11-15(9-12-4-3-5-14(8-12)24-2)18(23)22(21-11)17-10-13(19)6-7-16(17)20/h3-10H,1-2H3/b15-9-. The fourth-order valence-electron chi connectivity index (χ4n) is 2.39. The van der Waals surface area contributed by atoms with Crippen LogP contribution in [0.25, 0.3) is 6.08 Å². The number of carbonyl (C=O) groups excluding carboxylic acids is 1. The molecule has 0 saturated carbocycles. The Bertz CT molecular complexity index is 875. The number of hydrogen-bond donors (Lipinski definition) is 0. The van der Waals surface area contributed by atoms with E-state index in [0.717, 1.165) is 11.3 Å². The summed E-state index contributed by atoms with van der Waals surface area (Å²) in [7, 11) is 1.60. The van der Waals surface area contributed by atoms with Gasteiger partial charge in [0.15, 0.2) is 0 Å². The van der Waals surface area contributed by atoms with Gasteiger partial charge in [0.25, 0.3) is 5.91 Å². The molecule has 2 aromatic rings. The minimum absolute atomic E-state index is 0.250. The van der Waals surface area contributed by atoms with Gasteiger partial charge in [-0.05, 0) is 48.9 Å². The molecule has 1 aliphatic rings. The summed E-state index contributed by atoms with van der Waals surface area (Å²) in [4.78, 5) is 12.7. The first-order valence-corrected chi connectivity index (χ1v) is 7.96. The number of carbonyl (C=O) groups is 1. The second-order valence-electron chi connectivity index (χ2n) is 5.23. The molecule has 122 valence electrons. The first-order valence-electron chi connectivity index (χ1n) is 7.20. The zero-order valence-corrected chi connectivity index (χ0v) is 14.6. The van der Waals surface area contributed by atoms with Crippen LogP contribution in [0.4, 0.5) is 5.69 Å². The van der Waals surface area contributed by atoms with Crippen LogP contribution in [0.15, 0.2) is 53.1 Å². The van der Waals surface area contributed by atoms with E-state index < -0.39 is 0 Å². The quantitative estimate of drug-likeness (QED) is 0.737. The van der Waals surface area contributed by atoms with Gasteiger partial charge in [0, 0.05) is 5.02 Å². The zero-order valence-electron chi connectivity index (χ0n) is 13.1. The van der Waals surface area contributed by atoms with Gasteiger partial charge in [0.1, 0.15) is 5.75 Å². The molecule has 0 radical (unpaired) electrons. The molecule has 0 unspecified atom stereocenters. The van der Waals surface area contributed by atoms with Crippen molar-refractivity contribution in [1.29, 1.82) is 0 Å². The van der Waals surface area contributed by atoms with Gasteiger partial charge in [-0.25, -0.2) is 0 Å². The van der Waals surface area contributed by atoms with Crippen molar-refractivity contribution in [3.8, 4) is 5.75 Å². The lowest BCUT2D eigenvalue weighted by Crippen LogP contribution is -2.21. The van der Waals surface area contributed by atoms with E-state index in [1.54, 1.807) is 38.3 Å². The summed E-state index contributed by atoms with van der Waals surface area (Å²) in [5.41, 5.74) is 2.42. The lowest BCUT2D eigenvalue weighted by molar-refractivity contribution is -0.114. The first kappa shape index (κ1) is 16.6. The molecule has 0 fully saturated rings. The minimum atomic E-state index is -0.250. The third-order valence-electron chi connectivity index (χ3n) is 3.60. The topological polar surface area (TPSA) is 41.9 Å². The zero-order chi connectivity index (χ0) is 17.3. The summed E-state index contributed by atoms with van der Waals surface area (Å²) in [5, 5.41) is 6.49. The molecule has 0 saturated heterocycles. The maximum Gasteiger partial charge on any atom is 0.280 e. The summed E-state index contributed by atoms with van der Waals surface area (Å²) in [6, 6.07) is 12.4. The highest BCUT2D eigenvalue weighted by atomic mass is 35.5. The van der Waals surface area contributed by atoms with E-state index in [1.807, 2.05) is 24.3 Å². The Hall–Kier alpha value is -2.30. The maximum absolute atomic E-state index is 12.7. The van der Waals surface area contributed by atoms with Gasteiger partial charge in [-0.2, -0.15) is 10.1 Å². The van der Waals surface area contributed by atoms with Crippen molar-refractivity contribution in [2.75, 3.05) is 12.1 Å². The second-order valence-corrected chi connectivity index (χ2v) is 6.08. The molecule has 0 aromatic heterocycles. The Labute approximate surface area is 149 Å². The summed E-state index contributed by atoms with van der Waals surface area (Å²) >= 11 is 12.2. The van der Waals surface area contributed by atoms with E-state index >= 15 is 0 Å². The van der Waals surface area contributed by atoms with Crippen LogP contribution >= 0.6 is 23.2 Å². The van der Waals surface area contributed by atoms with Gasteiger partial charge >= 0.3 is 0 Å². The van der Waals surface area contributed by atoms with Gasteiger partial charge in [0.05, 0.1) is 29.1 Å². The fourth-order valence-corrected chi connectivity index (χ4v) is 2.76. The number of benzene rings is 2. The lowest BCUT2D eigenvalue weighted by Gasteiger charge is -2.13. The molecule has 3 rings (SSSR count). The van der Waals surface area contributed by atoms with Crippen LogP contribution in [0.3, 0.4) is 0 Å². The Kier molecular flexibility index (Phi) is 4.60. The monoisotopic (exact) mass is 360 g/mol. The first-order chi connectivity index (χ1) is 11.5. The normalized spacial score (nSPS) is 15.8. The highest BCUT2D eigenvalue weighted by molar-refractivity contribution is 6.38. The van der Waals surface area contributed by atoms with Crippen molar-refractivity contribution < 1.29 is 9.53 Å². The second kappa shape index (κ2) is 6.67. The summed E-state index contributed by atoms with van der Waals surface area (Å²) in [5.74, 6) is 0.471. The molecule has 24 heavy (non-hydrogen) atoms. The molecule has 0 aliphatic carbocycles. The number of hydrazone groups is 1. The van der Waals surface area contributed by atoms with E-state index in [2.05, 4.69) is 5.10 Å². The third-order valence-corrected chi connectivity index (χ3v) is 4.16. The molecule has 1 aliphatic heterocycles. The number of halogens is 2. The van der Waals surface area contributed by atoms with Crippen molar-refractivity contribution in [2.24, 2.45) is 5.10 Å². The molecule has 0 atom stereocenters. The van der Waals surface area contributed by atoms with Gasteiger partial charge in [-0.15, -0.1) is 0 Å². The Morgan fingerprint density at radius 2 is 1.96 bits per heavy atom. The van der Waals surface area contributed by atoms with Crippen molar-refractivity contribution >= 4 is 46.6 Å². The van der Waals surface area contributed by atoms with E-state index in [4.69, 9.17) is 27.9 Å². The SMILES string of the molecule is COc1cccc(/C=C2\C(=O)N(c3cc(Cl)ccc3Cl)N=C2C)c1. The van der Waals surface area contributed by atoms with Crippen LogP contribution in [0.2, 0.25) is 10.0 Å². The Morgan fingerprint density at radius 3 is 2.71 bits per heavy atom. The highest BCUT2D eigenvalue weighted by Crippen LogP contribution is 2.33. The van der Waals surface area contributed by atoms with Crippen molar-refractivity contribution in [3.05, 3.63) is 63.6 Å². The van der Waals surface area contributed by atoms with Crippen LogP contribution in [0, 0.1) is 0 Å². The van der Waals surface area contributed by atoms with Crippen LogP contribution in [0.5, 0.6) is 5.75 Å². The Morgan fingerprint density at radius 1 is 1.17 bits per heavy atom. The highest BCUT2D eigenvalue weighted by Gasteiger charge is 2.30. The van der Waals surface area contributed by atoms with E-state index in [-0.39, 0.29) is 5.91 Å². The average molecular weight is 361 g/mol. The number of nitrogens with zero attached hydrogens (tertiary/aromatic N) is 2. The number of methoxy groups -OCH3 is 1. The van der Waals surface area contributed by atoms with E-state index in [1.165, 1.54) is 5.01 Å². The van der Waals surface area contributed by atoms with Crippen molar-refractivity contribution in [1.82, 2.24) is 0 Å². The van der Waals surface area contributed by atoms with E-state index in [0.29, 0.717) is 27.0 Å². The molecule has 4 nitrogen and oxygen atoms in total. The molecule has 6 heteroatoms. The van der Waals surface area contributed by atoms with Crippen LogP contribution in [-0.2, 0) is 4.79 Å². The van der Waals surface area contributed by atoms with Crippen molar-refractivity contribution in [3.63, 3.8) is 0 Å². The van der Waals surface area contributed by atoms with Gasteiger partial charge in [-0.1, -0.05) is 35.3 Å². The summed E-state index contributed by atoms with van der Waals surface area (Å²) < 4.78 is 5.21. The largest absolute Gasteiger partial charge is 0.497 e. The van der Waals surface area contributed by atoms with Crippen molar-refractivity contribution in [2.45, 2.75) is 6.92 Å². The van der Waals surface area contributed by atoms with Crippen LogP contribution in [0.1, 0.15) is 12.5 Å². The fraction of sp³-hybridized carbons (Fsp3) is 0.111. The summed E-state index contributed by atoms with van der Waals surface area (Å²) in [6.45, 7) is 1.78. The molecular formula is C18H14Cl2N2O2. The predicted molar refractivity (Wildman–Crippen MR) is 98.0 cm³/mol. The molecule has 2 aromatic carbocycles. The van der Waals surface area contributed by atoms with E-state index in [9.17, 15) is 4.79 Å². The number of amides is 1. The van der Waals surface area contributed by atoms with Crippen LogP contribution in [-0.4, -0.2) is 18.7 Å². The van der Waals surface area contributed by atoms with Crippen LogP contribution < -0.4 is 9.75 Å². The van der Waals surface area contributed by atoms with Gasteiger partial charge in [0.2, 0.25) is 0 Å². The maximum atomic E-state index is 12.7. The Balaban J connectivity index is 1.98. The molecule has 0 bridgehead atoms. The predicted octanol–water partition coefficient (Wildman–Crippen LogP) is 4.81. The third kappa shape index (κ3) is 3.16. The van der Waals surface area contributed by atoms with Gasteiger partial charge in [-0.3, -0.25) is 4.79 Å². The number of anilines is 1. The molecular weight excluding hydrogens is 347 g/mol. The molecule has 0 N–H and O–H groups in total. The number of rotatable bonds is 3. The minimum Gasteiger partial charge on any atom is -0.497 e. The molecule has 1 amide bonds. The van der Waals surface area contributed by atoms with Gasteiger partial charge < -0.3 is 4.74 Å². The smallest absolute Gasteiger partial charge is 0.280 e. The average Bonchev–Trinajstić information content (AvgIpc) is 2.85. The number of ether oxygens (including phenoxy) is 1. The molecule has 0 spiro atoms. The number of hydrogen-bond acceptors (Lipinski definition) is 3.